The van der Waals surface area contributed by atoms with E-state index in [1.165, 1.54) is 19.4 Å². The SMILES string of the molecule is CN(C)C(=O)[C@]12CCCN(CC3CC3)C[C@H]1CN(c1ccccn1)C2.O=C(O)C(F)(F)F.O=C(O)C(F)(F)F. The number of hydrogen-bond donors (Lipinski definition) is 2. The van der Waals surface area contributed by atoms with Crippen molar-refractivity contribution in [1.82, 2.24) is 14.8 Å². The van der Waals surface area contributed by atoms with Crippen molar-refractivity contribution in [2.45, 2.75) is 38.0 Å². The summed E-state index contributed by atoms with van der Waals surface area (Å²) in [7, 11) is 3.81. The maximum absolute atomic E-state index is 13.2. The van der Waals surface area contributed by atoms with Crippen LogP contribution in [0.15, 0.2) is 24.4 Å². The van der Waals surface area contributed by atoms with Gasteiger partial charge >= 0.3 is 24.3 Å². The normalized spacial score (nSPS) is 23.3. The number of pyridine rings is 1. The van der Waals surface area contributed by atoms with E-state index in [1.54, 1.807) is 0 Å². The predicted molar refractivity (Wildman–Crippen MR) is 127 cm³/mol. The van der Waals surface area contributed by atoms with Crippen molar-refractivity contribution in [2.75, 3.05) is 51.7 Å². The monoisotopic (exact) mass is 570 g/mol. The van der Waals surface area contributed by atoms with Gasteiger partial charge in [0.2, 0.25) is 5.91 Å². The molecule has 1 saturated carbocycles. The maximum Gasteiger partial charge on any atom is 0.490 e. The molecular weight excluding hydrogens is 538 g/mol. The molecule has 0 aromatic carbocycles. The molecule has 9 nitrogen and oxygen atoms in total. The molecule has 0 unspecified atom stereocenters. The zero-order chi connectivity index (χ0) is 29.6. The van der Waals surface area contributed by atoms with Gasteiger partial charge in [-0.2, -0.15) is 26.3 Å². The highest BCUT2D eigenvalue weighted by Gasteiger charge is 2.54. The van der Waals surface area contributed by atoms with Crippen LogP contribution in [0.2, 0.25) is 0 Å². The number of likely N-dealkylation sites (tertiary alicyclic amines) is 1. The first kappa shape index (κ1) is 32.1. The lowest BCUT2D eigenvalue weighted by atomic mass is 9.74. The van der Waals surface area contributed by atoms with Crippen LogP contribution in [0.4, 0.5) is 32.2 Å². The van der Waals surface area contributed by atoms with Gasteiger partial charge in [0, 0.05) is 52.4 Å². The minimum absolute atomic E-state index is 0.251. The van der Waals surface area contributed by atoms with Crippen molar-refractivity contribution in [2.24, 2.45) is 17.3 Å². The van der Waals surface area contributed by atoms with E-state index >= 15 is 0 Å². The van der Waals surface area contributed by atoms with Crippen LogP contribution in [0.3, 0.4) is 0 Å². The summed E-state index contributed by atoms with van der Waals surface area (Å²) < 4.78 is 63.5. The summed E-state index contributed by atoms with van der Waals surface area (Å²) in [6, 6.07) is 6.06. The Morgan fingerprint density at radius 1 is 1.03 bits per heavy atom. The lowest BCUT2D eigenvalue weighted by Gasteiger charge is -2.34. The minimum Gasteiger partial charge on any atom is -0.475 e. The number of fused-ring (bicyclic) bond motifs is 1. The van der Waals surface area contributed by atoms with E-state index in [9.17, 15) is 31.1 Å². The molecule has 1 aromatic heterocycles. The molecule has 0 radical (unpaired) electrons. The molecule has 0 bridgehead atoms. The van der Waals surface area contributed by atoms with Crippen molar-refractivity contribution >= 4 is 23.7 Å². The molecule has 39 heavy (non-hydrogen) atoms. The summed E-state index contributed by atoms with van der Waals surface area (Å²) in [5.41, 5.74) is -0.251. The van der Waals surface area contributed by atoms with Crippen LogP contribution in [0.25, 0.3) is 0 Å². The zero-order valence-electron chi connectivity index (χ0n) is 21.5. The number of carbonyl (C=O) groups excluding carboxylic acids is 1. The molecular formula is C24H32F6N4O5. The van der Waals surface area contributed by atoms with E-state index < -0.39 is 24.3 Å². The van der Waals surface area contributed by atoms with Gasteiger partial charge in [-0.15, -0.1) is 0 Å². The number of rotatable bonds is 4. The van der Waals surface area contributed by atoms with Crippen molar-refractivity contribution in [1.29, 1.82) is 0 Å². The smallest absolute Gasteiger partial charge is 0.475 e. The van der Waals surface area contributed by atoms with Crippen LogP contribution in [0, 0.1) is 17.3 Å². The van der Waals surface area contributed by atoms with Crippen LogP contribution >= 0.6 is 0 Å². The number of alkyl halides is 6. The number of aliphatic carboxylic acids is 2. The fourth-order valence-corrected chi connectivity index (χ4v) is 4.85. The van der Waals surface area contributed by atoms with E-state index in [1.807, 2.05) is 37.3 Å². The third kappa shape index (κ3) is 9.25. The topological polar surface area (TPSA) is 114 Å². The minimum atomic E-state index is -5.08. The average Bonchev–Trinajstić information content (AvgIpc) is 3.61. The number of carbonyl (C=O) groups is 3. The first-order valence-electron chi connectivity index (χ1n) is 12.2. The van der Waals surface area contributed by atoms with E-state index in [0.29, 0.717) is 11.8 Å². The number of nitrogens with zero attached hydrogens (tertiary/aromatic N) is 4. The van der Waals surface area contributed by atoms with Gasteiger partial charge in [-0.3, -0.25) is 4.79 Å². The zero-order valence-corrected chi connectivity index (χ0v) is 21.5. The van der Waals surface area contributed by atoms with Crippen LogP contribution < -0.4 is 4.90 Å². The molecule has 3 heterocycles. The fraction of sp³-hybridized carbons (Fsp3) is 0.667. The third-order valence-electron chi connectivity index (χ3n) is 6.77. The number of aromatic nitrogens is 1. The highest BCUT2D eigenvalue weighted by atomic mass is 19.4. The summed E-state index contributed by atoms with van der Waals surface area (Å²) in [5, 5.41) is 14.2. The molecule has 2 N–H and O–H groups in total. The van der Waals surface area contributed by atoms with Gasteiger partial charge in [0.25, 0.3) is 0 Å². The molecule has 3 fully saturated rings. The molecule has 4 rings (SSSR count). The predicted octanol–water partition coefficient (Wildman–Crippen LogP) is 3.36. The number of carboxylic acids is 2. The van der Waals surface area contributed by atoms with Crippen LogP contribution in [0.5, 0.6) is 0 Å². The van der Waals surface area contributed by atoms with Crippen molar-refractivity contribution < 1.29 is 50.9 Å². The molecule has 1 aromatic rings. The summed E-state index contributed by atoms with van der Waals surface area (Å²) in [6.45, 7) is 5.19. The second kappa shape index (κ2) is 12.8. The fourth-order valence-electron chi connectivity index (χ4n) is 4.85. The van der Waals surface area contributed by atoms with Gasteiger partial charge in [0.1, 0.15) is 5.82 Å². The Morgan fingerprint density at radius 3 is 2.03 bits per heavy atom. The summed E-state index contributed by atoms with van der Waals surface area (Å²) in [4.78, 5) is 42.4. The summed E-state index contributed by atoms with van der Waals surface area (Å²) in [6.07, 6.45) is -3.41. The first-order chi connectivity index (χ1) is 18.0. The Morgan fingerprint density at radius 2 is 1.59 bits per heavy atom. The molecule has 220 valence electrons. The van der Waals surface area contributed by atoms with Crippen LogP contribution in [-0.4, -0.2) is 102 Å². The van der Waals surface area contributed by atoms with Gasteiger partial charge in [0.15, 0.2) is 0 Å². The Bertz CT molecular complexity index is 963. The summed E-state index contributed by atoms with van der Waals surface area (Å²) in [5.74, 6) is -2.89. The largest absolute Gasteiger partial charge is 0.490 e. The Hall–Kier alpha value is -3.10. The van der Waals surface area contributed by atoms with Gasteiger partial charge in [-0.1, -0.05) is 6.07 Å². The Labute approximate surface area is 221 Å². The van der Waals surface area contributed by atoms with E-state index in [-0.39, 0.29) is 5.41 Å². The quantitative estimate of drug-likeness (QED) is 0.530. The van der Waals surface area contributed by atoms with Crippen LogP contribution in [0.1, 0.15) is 25.7 Å². The highest BCUT2D eigenvalue weighted by molar-refractivity contribution is 5.84. The molecule has 2 aliphatic heterocycles. The second-order valence-corrected chi connectivity index (χ2v) is 10.0. The van der Waals surface area contributed by atoms with E-state index in [2.05, 4.69) is 20.9 Å². The molecule has 15 heteroatoms. The second-order valence-electron chi connectivity index (χ2n) is 10.0. The highest BCUT2D eigenvalue weighted by Crippen LogP contribution is 2.45. The average molecular weight is 571 g/mol. The van der Waals surface area contributed by atoms with Gasteiger partial charge in [-0.25, -0.2) is 14.6 Å². The van der Waals surface area contributed by atoms with Gasteiger partial charge < -0.3 is 24.9 Å². The summed E-state index contributed by atoms with van der Waals surface area (Å²) >= 11 is 0. The maximum atomic E-state index is 13.2. The van der Waals surface area contributed by atoms with Crippen molar-refractivity contribution in [3.05, 3.63) is 24.4 Å². The lowest BCUT2D eigenvalue weighted by molar-refractivity contribution is -0.193. The van der Waals surface area contributed by atoms with Crippen LogP contribution in [-0.2, 0) is 14.4 Å². The molecule has 1 amide bonds. The van der Waals surface area contributed by atoms with Gasteiger partial charge in [-0.05, 0) is 50.3 Å². The lowest BCUT2D eigenvalue weighted by Crippen LogP contribution is -2.47. The number of halogens is 6. The Kier molecular flexibility index (Phi) is 10.6. The molecule has 2 saturated heterocycles. The van der Waals surface area contributed by atoms with E-state index in [4.69, 9.17) is 19.8 Å². The number of carboxylic acid groups (broad SMARTS) is 2. The standard InChI is InChI=1S/C20H30N4O.2C2HF3O2/c1-22(2)19(25)20-9-5-11-23(12-16-7-8-16)13-17(20)14-24(15-20)18-6-3-4-10-21-18;2*3-2(4,5)1(6)7/h3-4,6,10,16-17H,5,7-9,11-15H2,1-2H3;2*(H,6,7)/t17-,20-;;/m0../s1. The van der Waals surface area contributed by atoms with Crippen molar-refractivity contribution in [3.63, 3.8) is 0 Å². The molecule has 2 atom stereocenters. The Balaban J connectivity index is 0.000000317. The number of hydrogen-bond acceptors (Lipinski definition) is 6. The van der Waals surface area contributed by atoms with Crippen molar-refractivity contribution in [3.8, 4) is 0 Å². The van der Waals surface area contributed by atoms with Gasteiger partial charge in [0.05, 0.1) is 5.41 Å². The molecule has 3 aliphatic rings. The number of anilines is 1. The third-order valence-corrected chi connectivity index (χ3v) is 6.77. The first-order valence-corrected chi connectivity index (χ1v) is 12.2. The van der Waals surface area contributed by atoms with E-state index in [0.717, 1.165) is 50.8 Å². The molecule has 0 spiro atoms. The molecule has 1 aliphatic carbocycles. The number of amides is 1.